The van der Waals surface area contributed by atoms with E-state index in [1.54, 1.807) is 7.05 Å². The number of fused-ring (bicyclic) bond motifs is 1. The lowest BCUT2D eigenvalue weighted by molar-refractivity contribution is -0.137. The molecule has 0 aliphatic rings. The number of hydrogen-bond donors (Lipinski definition) is 3. The number of guanidine groups is 1. The van der Waals surface area contributed by atoms with E-state index in [0.29, 0.717) is 24.9 Å². The average molecular weight is 419 g/mol. The number of aliphatic imine (C=N–C) groups is 1. The van der Waals surface area contributed by atoms with Crippen molar-refractivity contribution in [3.8, 4) is 0 Å². The molecule has 0 bridgehead atoms. The van der Waals surface area contributed by atoms with Gasteiger partial charge in [0.15, 0.2) is 17.4 Å². The van der Waals surface area contributed by atoms with Crippen molar-refractivity contribution < 1.29 is 18.0 Å². The van der Waals surface area contributed by atoms with Crippen LogP contribution in [0.3, 0.4) is 0 Å². The molecule has 8 nitrogen and oxygen atoms in total. The molecule has 3 rings (SSSR count). The van der Waals surface area contributed by atoms with E-state index in [9.17, 15) is 18.0 Å². The lowest BCUT2D eigenvalue weighted by Gasteiger charge is -2.12. The number of rotatable bonds is 6. The van der Waals surface area contributed by atoms with Crippen molar-refractivity contribution >= 4 is 17.5 Å². The molecule has 0 aliphatic carbocycles. The second-order valence-electron chi connectivity index (χ2n) is 6.23. The van der Waals surface area contributed by atoms with Gasteiger partial charge in [-0.3, -0.25) is 14.2 Å². The van der Waals surface area contributed by atoms with Crippen LogP contribution in [0.4, 0.5) is 13.2 Å². The maximum absolute atomic E-state index is 12.6. The van der Waals surface area contributed by atoms with Crippen LogP contribution >= 0.6 is 0 Å². The first-order valence-corrected chi connectivity index (χ1v) is 9.07. The number of aromatic nitrogens is 3. The van der Waals surface area contributed by atoms with Crippen molar-refractivity contribution in [2.24, 2.45) is 4.99 Å². The summed E-state index contributed by atoms with van der Waals surface area (Å²) in [6, 6.07) is 9.67. The van der Waals surface area contributed by atoms with Crippen LogP contribution in [0.5, 0.6) is 0 Å². The van der Waals surface area contributed by atoms with E-state index in [2.05, 4.69) is 31.1 Å². The van der Waals surface area contributed by atoms with Gasteiger partial charge < -0.3 is 16.0 Å². The van der Waals surface area contributed by atoms with Gasteiger partial charge in [0.2, 0.25) is 0 Å². The monoisotopic (exact) mass is 419 g/mol. The van der Waals surface area contributed by atoms with E-state index in [-0.39, 0.29) is 12.1 Å². The summed E-state index contributed by atoms with van der Waals surface area (Å²) in [5, 5.41) is 17.0. The summed E-state index contributed by atoms with van der Waals surface area (Å²) in [5.74, 6) is 0.763. The summed E-state index contributed by atoms with van der Waals surface area (Å²) < 4.78 is 39.6. The smallest absolute Gasteiger partial charge is 0.355 e. The highest BCUT2D eigenvalue weighted by Crippen LogP contribution is 2.29. The summed E-state index contributed by atoms with van der Waals surface area (Å²) in [7, 11) is 1.61. The summed E-state index contributed by atoms with van der Waals surface area (Å²) in [6.45, 7) is 1.02. The third-order valence-electron chi connectivity index (χ3n) is 4.20. The second-order valence-corrected chi connectivity index (χ2v) is 6.23. The van der Waals surface area contributed by atoms with Crippen molar-refractivity contribution in [3.05, 3.63) is 65.6 Å². The van der Waals surface area contributed by atoms with Crippen LogP contribution in [0.1, 0.15) is 21.7 Å². The zero-order chi connectivity index (χ0) is 21.6. The van der Waals surface area contributed by atoms with Gasteiger partial charge in [-0.05, 0) is 36.4 Å². The van der Waals surface area contributed by atoms with Crippen molar-refractivity contribution in [1.82, 2.24) is 30.5 Å². The maximum atomic E-state index is 12.6. The lowest BCUT2D eigenvalue weighted by Crippen LogP contribution is -2.41. The molecule has 3 N–H and O–H groups in total. The standard InChI is InChI=1S/C19H20F3N7O/c1-23-18(26-12-16-28-27-15-4-2-3-11-29(15)16)25-10-9-24-17(30)13-5-7-14(8-6-13)19(20,21)22/h2-8,11H,9-10,12H2,1H3,(H,24,30)(H2,23,25,26). The van der Waals surface area contributed by atoms with Gasteiger partial charge in [-0.1, -0.05) is 6.07 Å². The fourth-order valence-electron chi connectivity index (χ4n) is 2.66. The van der Waals surface area contributed by atoms with Gasteiger partial charge in [-0.25, -0.2) is 0 Å². The molecular formula is C19H20F3N7O. The van der Waals surface area contributed by atoms with Crippen molar-refractivity contribution in [2.45, 2.75) is 12.7 Å². The fourth-order valence-corrected chi connectivity index (χ4v) is 2.66. The highest BCUT2D eigenvalue weighted by Gasteiger charge is 2.30. The number of hydrogen-bond acceptors (Lipinski definition) is 4. The van der Waals surface area contributed by atoms with Gasteiger partial charge in [0.25, 0.3) is 5.91 Å². The van der Waals surface area contributed by atoms with Gasteiger partial charge in [0.1, 0.15) is 0 Å². The number of nitrogens with zero attached hydrogens (tertiary/aromatic N) is 4. The molecule has 3 aromatic rings. The minimum atomic E-state index is -4.43. The molecule has 1 amide bonds. The molecule has 0 saturated carbocycles. The van der Waals surface area contributed by atoms with E-state index in [0.717, 1.165) is 29.9 Å². The Labute approximate surface area is 170 Å². The maximum Gasteiger partial charge on any atom is 0.416 e. The Morgan fingerprint density at radius 2 is 1.77 bits per heavy atom. The van der Waals surface area contributed by atoms with Crippen LogP contribution in [0.2, 0.25) is 0 Å². The Bertz CT molecular complexity index is 1030. The Hall–Kier alpha value is -3.63. The Morgan fingerprint density at radius 1 is 1.03 bits per heavy atom. The SMILES string of the molecule is CN=C(NCCNC(=O)c1ccc(C(F)(F)F)cc1)NCc1nnc2ccccn12. The summed E-state index contributed by atoms with van der Waals surface area (Å²) >= 11 is 0. The quantitative estimate of drug-likeness (QED) is 0.322. The van der Waals surface area contributed by atoms with Crippen molar-refractivity contribution in [2.75, 3.05) is 20.1 Å². The van der Waals surface area contributed by atoms with Crippen molar-refractivity contribution in [3.63, 3.8) is 0 Å². The van der Waals surface area contributed by atoms with E-state index >= 15 is 0 Å². The predicted octanol–water partition coefficient (Wildman–Crippen LogP) is 1.84. The summed E-state index contributed by atoms with van der Waals surface area (Å²) in [6.07, 6.45) is -2.57. The van der Waals surface area contributed by atoms with Crippen LogP contribution in [0.15, 0.2) is 53.7 Å². The van der Waals surface area contributed by atoms with Gasteiger partial charge >= 0.3 is 6.18 Å². The molecule has 0 saturated heterocycles. The summed E-state index contributed by atoms with van der Waals surface area (Å²) in [4.78, 5) is 16.1. The van der Waals surface area contributed by atoms with E-state index < -0.39 is 17.6 Å². The number of benzene rings is 1. The van der Waals surface area contributed by atoms with Crippen LogP contribution in [0, 0.1) is 0 Å². The molecule has 2 aromatic heterocycles. The highest BCUT2D eigenvalue weighted by molar-refractivity contribution is 5.94. The van der Waals surface area contributed by atoms with Crippen LogP contribution in [-0.4, -0.2) is 46.6 Å². The van der Waals surface area contributed by atoms with Gasteiger partial charge in [-0.15, -0.1) is 10.2 Å². The third-order valence-corrected chi connectivity index (χ3v) is 4.20. The number of carbonyl (C=O) groups excluding carboxylic acids is 1. The largest absolute Gasteiger partial charge is 0.416 e. The minimum Gasteiger partial charge on any atom is -0.355 e. The topological polar surface area (TPSA) is 95.7 Å². The number of pyridine rings is 1. The molecule has 1 aromatic carbocycles. The normalized spacial score (nSPS) is 12.1. The molecule has 0 radical (unpaired) electrons. The third kappa shape index (κ3) is 5.25. The first kappa shape index (κ1) is 21.1. The number of nitrogens with one attached hydrogen (secondary N) is 3. The molecule has 0 fully saturated rings. The molecule has 2 heterocycles. The van der Waals surface area contributed by atoms with Gasteiger partial charge in [0.05, 0.1) is 12.1 Å². The molecule has 0 aliphatic heterocycles. The molecule has 0 atom stereocenters. The Morgan fingerprint density at radius 3 is 2.47 bits per heavy atom. The summed E-state index contributed by atoms with van der Waals surface area (Å²) in [5.41, 5.74) is 0.100. The van der Waals surface area contributed by atoms with Crippen molar-refractivity contribution in [1.29, 1.82) is 0 Å². The van der Waals surface area contributed by atoms with Crippen LogP contribution in [-0.2, 0) is 12.7 Å². The van der Waals surface area contributed by atoms with E-state index in [4.69, 9.17) is 0 Å². The van der Waals surface area contributed by atoms with E-state index in [1.165, 1.54) is 0 Å². The van der Waals surface area contributed by atoms with Gasteiger partial charge in [-0.2, -0.15) is 13.2 Å². The number of carbonyl (C=O) groups is 1. The molecule has 0 unspecified atom stereocenters. The Balaban J connectivity index is 1.43. The number of halogens is 3. The minimum absolute atomic E-state index is 0.157. The predicted molar refractivity (Wildman–Crippen MR) is 105 cm³/mol. The zero-order valence-corrected chi connectivity index (χ0v) is 16.1. The zero-order valence-electron chi connectivity index (χ0n) is 16.1. The highest BCUT2D eigenvalue weighted by atomic mass is 19.4. The number of amides is 1. The first-order chi connectivity index (χ1) is 14.4. The van der Waals surface area contributed by atoms with Crippen LogP contribution < -0.4 is 16.0 Å². The average Bonchev–Trinajstić information content (AvgIpc) is 3.16. The first-order valence-electron chi connectivity index (χ1n) is 9.07. The molecule has 11 heteroatoms. The van der Waals surface area contributed by atoms with Crippen LogP contribution in [0.25, 0.3) is 5.65 Å². The Kier molecular flexibility index (Phi) is 6.50. The molecule has 158 valence electrons. The fraction of sp³-hybridized carbons (Fsp3) is 0.263. The van der Waals surface area contributed by atoms with Gasteiger partial charge in [0, 0.05) is 31.9 Å². The second kappa shape index (κ2) is 9.25. The molecule has 0 spiro atoms. The lowest BCUT2D eigenvalue weighted by atomic mass is 10.1. The number of alkyl halides is 3. The molecular weight excluding hydrogens is 399 g/mol. The van der Waals surface area contributed by atoms with E-state index in [1.807, 2.05) is 28.8 Å². The molecule has 30 heavy (non-hydrogen) atoms.